The van der Waals surface area contributed by atoms with E-state index >= 15 is 0 Å². The number of nitrogens with one attached hydrogen (secondary N) is 1. The van der Waals surface area contributed by atoms with Gasteiger partial charge in [0.15, 0.2) is 0 Å². The van der Waals surface area contributed by atoms with Crippen LogP contribution >= 0.6 is 11.6 Å². The van der Waals surface area contributed by atoms with Gasteiger partial charge in [-0.1, -0.05) is 66.2 Å². The van der Waals surface area contributed by atoms with Crippen LogP contribution in [0.4, 0.5) is 8.78 Å². The minimum Gasteiger partial charge on any atom is -0.355 e. The van der Waals surface area contributed by atoms with Crippen molar-refractivity contribution in [3.63, 3.8) is 0 Å². The molecular formula is C26H25ClF2N2O2. The molecule has 0 fully saturated rings. The van der Waals surface area contributed by atoms with Gasteiger partial charge in [0, 0.05) is 35.7 Å². The van der Waals surface area contributed by atoms with Crippen molar-refractivity contribution in [2.24, 2.45) is 0 Å². The zero-order valence-electron chi connectivity index (χ0n) is 18.2. The van der Waals surface area contributed by atoms with Crippen molar-refractivity contribution in [2.75, 3.05) is 6.54 Å². The largest absolute Gasteiger partial charge is 0.355 e. The van der Waals surface area contributed by atoms with E-state index in [1.165, 1.54) is 29.2 Å². The number of nitrogens with zero attached hydrogens (tertiary/aromatic N) is 1. The number of rotatable bonds is 9. The van der Waals surface area contributed by atoms with Crippen LogP contribution in [0.1, 0.15) is 23.6 Å². The van der Waals surface area contributed by atoms with Crippen molar-refractivity contribution in [2.45, 2.75) is 32.4 Å². The number of hydrogen-bond acceptors (Lipinski definition) is 2. The van der Waals surface area contributed by atoms with Crippen LogP contribution < -0.4 is 5.32 Å². The van der Waals surface area contributed by atoms with E-state index in [4.69, 9.17) is 11.6 Å². The highest BCUT2D eigenvalue weighted by molar-refractivity contribution is 6.31. The fraction of sp³-hybridized carbons (Fsp3) is 0.231. The van der Waals surface area contributed by atoms with Crippen molar-refractivity contribution >= 4 is 23.4 Å². The molecule has 33 heavy (non-hydrogen) atoms. The first kappa shape index (κ1) is 24.4. The second kappa shape index (κ2) is 11.6. The molecule has 0 heterocycles. The second-order valence-corrected chi connectivity index (χ2v) is 8.00. The van der Waals surface area contributed by atoms with E-state index in [1.54, 1.807) is 25.1 Å². The van der Waals surface area contributed by atoms with Gasteiger partial charge in [0.25, 0.3) is 0 Å². The molecule has 0 aromatic heterocycles. The van der Waals surface area contributed by atoms with Crippen molar-refractivity contribution < 1.29 is 18.4 Å². The summed E-state index contributed by atoms with van der Waals surface area (Å²) in [5.41, 5.74) is 1.13. The van der Waals surface area contributed by atoms with Gasteiger partial charge in [-0.15, -0.1) is 0 Å². The average molecular weight is 471 g/mol. The summed E-state index contributed by atoms with van der Waals surface area (Å²) in [5, 5.41) is 2.88. The maximum absolute atomic E-state index is 14.5. The number of halogens is 3. The van der Waals surface area contributed by atoms with Crippen LogP contribution in [0.25, 0.3) is 0 Å². The van der Waals surface area contributed by atoms with Crippen molar-refractivity contribution in [1.29, 1.82) is 0 Å². The molecule has 0 saturated carbocycles. The summed E-state index contributed by atoms with van der Waals surface area (Å²) < 4.78 is 28.9. The van der Waals surface area contributed by atoms with Gasteiger partial charge in [-0.25, -0.2) is 8.78 Å². The Morgan fingerprint density at radius 1 is 0.939 bits per heavy atom. The lowest BCUT2D eigenvalue weighted by Gasteiger charge is -2.31. The zero-order chi connectivity index (χ0) is 23.8. The molecule has 0 radical (unpaired) electrons. The minimum atomic E-state index is -0.926. The van der Waals surface area contributed by atoms with E-state index in [2.05, 4.69) is 5.32 Å². The smallest absolute Gasteiger partial charge is 0.243 e. The molecule has 1 atom stereocenters. The first-order chi connectivity index (χ1) is 15.9. The molecular weight excluding hydrogens is 446 g/mol. The van der Waals surface area contributed by atoms with Crippen LogP contribution in [0, 0.1) is 11.6 Å². The maximum Gasteiger partial charge on any atom is 0.243 e. The van der Waals surface area contributed by atoms with Crippen LogP contribution in [0.3, 0.4) is 0 Å². The van der Waals surface area contributed by atoms with Crippen LogP contribution in [0.15, 0.2) is 72.8 Å². The molecule has 172 valence electrons. The SMILES string of the molecule is CCNC(=O)C(Cc1ccccc1)N(Cc1ccccc1F)C(=O)Cc1c(F)cccc1Cl. The summed E-state index contributed by atoms with van der Waals surface area (Å²) in [6.07, 6.45) is -0.136. The summed E-state index contributed by atoms with van der Waals surface area (Å²) in [5.74, 6) is -2.00. The normalized spacial score (nSPS) is 11.6. The van der Waals surface area contributed by atoms with E-state index < -0.39 is 23.6 Å². The van der Waals surface area contributed by atoms with E-state index in [9.17, 15) is 18.4 Å². The summed E-state index contributed by atoms with van der Waals surface area (Å²) in [7, 11) is 0. The Labute approximate surface area is 197 Å². The Balaban J connectivity index is 2.01. The third kappa shape index (κ3) is 6.39. The van der Waals surface area contributed by atoms with E-state index in [-0.39, 0.29) is 41.4 Å². The lowest BCUT2D eigenvalue weighted by atomic mass is 10.0. The molecule has 0 spiro atoms. The molecule has 0 aliphatic carbocycles. The lowest BCUT2D eigenvalue weighted by molar-refractivity contribution is -0.140. The molecule has 0 aliphatic rings. The van der Waals surface area contributed by atoms with Gasteiger partial charge < -0.3 is 10.2 Å². The molecule has 0 bridgehead atoms. The number of likely N-dealkylation sites (N-methyl/N-ethyl adjacent to an activating group) is 1. The molecule has 2 amide bonds. The molecule has 4 nitrogen and oxygen atoms in total. The molecule has 1 unspecified atom stereocenters. The molecule has 3 aromatic carbocycles. The first-order valence-electron chi connectivity index (χ1n) is 10.7. The van der Waals surface area contributed by atoms with Crippen molar-refractivity contribution in [3.05, 3.63) is 106 Å². The van der Waals surface area contributed by atoms with Gasteiger partial charge in [0.2, 0.25) is 11.8 Å². The van der Waals surface area contributed by atoms with E-state index in [0.717, 1.165) is 5.56 Å². The topological polar surface area (TPSA) is 49.4 Å². The summed E-state index contributed by atoms with van der Waals surface area (Å²) in [4.78, 5) is 27.8. The van der Waals surface area contributed by atoms with Crippen molar-refractivity contribution in [1.82, 2.24) is 10.2 Å². The molecule has 3 rings (SSSR count). The molecule has 7 heteroatoms. The van der Waals surface area contributed by atoms with E-state index in [1.807, 2.05) is 30.3 Å². The molecule has 0 aliphatic heterocycles. The Morgan fingerprint density at radius 2 is 1.61 bits per heavy atom. The maximum atomic E-state index is 14.5. The fourth-order valence-electron chi connectivity index (χ4n) is 3.61. The number of amides is 2. The Bertz CT molecular complexity index is 1090. The number of carbonyl (C=O) groups excluding carboxylic acids is 2. The van der Waals surface area contributed by atoms with E-state index in [0.29, 0.717) is 6.54 Å². The molecule has 3 aromatic rings. The Kier molecular flexibility index (Phi) is 8.55. The predicted molar refractivity (Wildman–Crippen MR) is 125 cm³/mol. The predicted octanol–water partition coefficient (Wildman–Crippen LogP) is 4.94. The number of carbonyl (C=O) groups is 2. The van der Waals surface area contributed by atoms with Gasteiger partial charge in [-0.3, -0.25) is 9.59 Å². The van der Waals surface area contributed by atoms with Gasteiger partial charge >= 0.3 is 0 Å². The van der Waals surface area contributed by atoms with Gasteiger partial charge in [-0.2, -0.15) is 0 Å². The van der Waals surface area contributed by atoms with Gasteiger partial charge in [-0.05, 0) is 30.7 Å². The Hall–Kier alpha value is -3.25. The number of benzene rings is 3. The quantitative estimate of drug-likeness (QED) is 0.481. The van der Waals surface area contributed by atoms with Gasteiger partial charge in [0.1, 0.15) is 17.7 Å². The standard InChI is InChI=1S/C26H25ClF2N2O2/c1-2-30-26(33)24(15-18-9-4-3-5-10-18)31(17-19-11-6-7-13-22(19)28)25(32)16-20-21(27)12-8-14-23(20)29/h3-14,24H,2,15-17H2,1H3,(H,30,33). The highest BCUT2D eigenvalue weighted by Gasteiger charge is 2.31. The van der Waals surface area contributed by atoms with Gasteiger partial charge in [0.05, 0.1) is 6.42 Å². The molecule has 0 saturated heterocycles. The minimum absolute atomic E-state index is 0.0389. The van der Waals surface area contributed by atoms with Crippen molar-refractivity contribution in [3.8, 4) is 0 Å². The first-order valence-corrected chi connectivity index (χ1v) is 11.1. The monoisotopic (exact) mass is 470 g/mol. The van der Waals surface area contributed by atoms with Crippen LogP contribution in [0.2, 0.25) is 5.02 Å². The third-order valence-corrected chi connectivity index (χ3v) is 5.66. The average Bonchev–Trinajstić information content (AvgIpc) is 2.80. The lowest BCUT2D eigenvalue weighted by Crippen LogP contribution is -2.51. The summed E-state index contributed by atoms with van der Waals surface area (Å²) in [6.45, 7) is 2.00. The highest BCUT2D eigenvalue weighted by Crippen LogP contribution is 2.23. The summed E-state index contributed by atoms with van der Waals surface area (Å²) in [6, 6.07) is 18.6. The summed E-state index contributed by atoms with van der Waals surface area (Å²) >= 11 is 6.14. The molecule has 1 N–H and O–H groups in total. The van der Waals surface area contributed by atoms with Crippen LogP contribution in [0.5, 0.6) is 0 Å². The third-order valence-electron chi connectivity index (χ3n) is 5.31. The fourth-order valence-corrected chi connectivity index (χ4v) is 3.84. The van der Waals surface area contributed by atoms with Crippen LogP contribution in [-0.4, -0.2) is 29.3 Å². The van der Waals surface area contributed by atoms with Crippen LogP contribution in [-0.2, 0) is 29.0 Å². The highest BCUT2D eigenvalue weighted by atomic mass is 35.5. The number of hydrogen-bond donors (Lipinski definition) is 1. The zero-order valence-corrected chi connectivity index (χ0v) is 19.0. The second-order valence-electron chi connectivity index (χ2n) is 7.59. The Morgan fingerprint density at radius 3 is 2.27 bits per heavy atom.